The monoisotopic (exact) mass is 348 g/mol. The molecule has 0 aromatic rings. The third kappa shape index (κ3) is 3.82. The summed E-state index contributed by atoms with van der Waals surface area (Å²) in [6.07, 6.45) is 9.48. The van der Waals surface area contributed by atoms with Gasteiger partial charge in [-0.2, -0.15) is 0 Å². The van der Waals surface area contributed by atoms with Crippen LogP contribution in [0.1, 0.15) is 80.1 Å². The molecule has 3 heteroatoms. The Morgan fingerprint density at radius 2 is 1.96 bits per heavy atom. The van der Waals surface area contributed by atoms with Gasteiger partial charge >= 0.3 is 5.97 Å². The van der Waals surface area contributed by atoms with Crippen LogP contribution in [0.5, 0.6) is 0 Å². The van der Waals surface area contributed by atoms with E-state index in [2.05, 4.69) is 40.7 Å². The number of allylic oxidation sites excluding steroid dienone is 2. The van der Waals surface area contributed by atoms with Gasteiger partial charge in [-0.3, -0.25) is 4.79 Å². The maximum Gasteiger partial charge on any atom is 0.303 e. The maximum absolute atomic E-state index is 11.8. The Bertz CT molecular complexity index is 551. The third-order valence-electron chi connectivity index (χ3n) is 7.22. The van der Waals surface area contributed by atoms with Crippen molar-refractivity contribution < 1.29 is 14.3 Å². The Kier molecular flexibility index (Phi) is 5.09. The zero-order valence-electron chi connectivity index (χ0n) is 16.9. The van der Waals surface area contributed by atoms with Crippen LogP contribution in [0.2, 0.25) is 0 Å². The van der Waals surface area contributed by atoms with Crippen molar-refractivity contribution in [3.63, 3.8) is 0 Å². The third-order valence-corrected chi connectivity index (χ3v) is 7.22. The second-order valence-corrected chi connectivity index (χ2v) is 9.55. The Labute approximate surface area is 153 Å². The number of hydrogen-bond donors (Lipinski definition) is 0. The number of epoxide rings is 1. The van der Waals surface area contributed by atoms with E-state index in [1.807, 2.05) is 0 Å². The Morgan fingerprint density at radius 3 is 2.60 bits per heavy atom. The molecule has 0 bridgehead atoms. The first-order valence-electron chi connectivity index (χ1n) is 10.2. The Morgan fingerprint density at radius 1 is 1.24 bits per heavy atom. The summed E-state index contributed by atoms with van der Waals surface area (Å²) in [5.74, 6) is 2.06. The maximum atomic E-state index is 11.8. The van der Waals surface area contributed by atoms with E-state index in [0.29, 0.717) is 29.8 Å². The lowest BCUT2D eigenvalue weighted by Gasteiger charge is -2.50. The van der Waals surface area contributed by atoms with Crippen molar-refractivity contribution in [2.75, 3.05) is 0 Å². The van der Waals surface area contributed by atoms with Crippen molar-refractivity contribution in [2.24, 2.45) is 23.7 Å². The van der Waals surface area contributed by atoms with E-state index >= 15 is 0 Å². The molecule has 0 aromatic carbocycles. The van der Waals surface area contributed by atoms with Crippen LogP contribution >= 0.6 is 0 Å². The molecule has 0 aromatic heterocycles. The highest BCUT2D eigenvalue weighted by molar-refractivity contribution is 5.66. The van der Waals surface area contributed by atoms with Crippen molar-refractivity contribution in [1.82, 2.24) is 0 Å². The predicted octanol–water partition coefficient (Wildman–Crippen LogP) is 5.28. The average Bonchev–Trinajstić information content (AvgIpc) is 3.14. The van der Waals surface area contributed by atoms with E-state index < -0.39 is 0 Å². The Balaban J connectivity index is 1.96. The second kappa shape index (κ2) is 6.72. The van der Waals surface area contributed by atoms with Gasteiger partial charge in [0.25, 0.3) is 0 Å². The molecular weight excluding hydrogens is 312 g/mol. The lowest BCUT2D eigenvalue weighted by molar-refractivity contribution is -0.172. The normalized spacial score (nSPS) is 46.4. The average molecular weight is 349 g/mol. The van der Waals surface area contributed by atoms with Gasteiger partial charge in [0.1, 0.15) is 5.60 Å². The highest BCUT2D eigenvalue weighted by Crippen LogP contribution is 2.53. The molecule has 1 aliphatic heterocycles. The smallest absolute Gasteiger partial charge is 0.303 e. The van der Waals surface area contributed by atoms with Gasteiger partial charge in [0.15, 0.2) is 0 Å². The summed E-state index contributed by atoms with van der Waals surface area (Å²) < 4.78 is 12.0. The molecule has 3 rings (SSSR count). The number of fused-ring (bicyclic) bond motifs is 2. The molecule has 0 radical (unpaired) electrons. The quantitative estimate of drug-likeness (QED) is 0.387. The number of rotatable bonds is 2. The van der Waals surface area contributed by atoms with Crippen LogP contribution < -0.4 is 0 Å². The van der Waals surface area contributed by atoms with E-state index in [4.69, 9.17) is 9.47 Å². The van der Waals surface area contributed by atoms with E-state index in [1.54, 1.807) is 6.92 Å². The number of carbonyl (C=O) groups is 1. The molecule has 3 aliphatic rings. The van der Waals surface area contributed by atoms with Crippen molar-refractivity contribution in [3.05, 3.63) is 11.6 Å². The highest BCUT2D eigenvalue weighted by Gasteiger charge is 2.54. The summed E-state index contributed by atoms with van der Waals surface area (Å²) in [6.45, 7) is 13.0. The van der Waals surface area contributed by atoms with Gasteiger partial charge in [-0.05, 0) is 77.0 Å². The summed E-state index contributed by atoms with van der Waals surface area (Å²) in [7, 11) is 0. The molecule has 1 heterocycles. The summed E-state index contributed by atoms with van der Waals surface area (Å²) >= 11 is 0. The summed E-state index contributed by atoms with van der Waals surface area (Å²) in [5, 5.41) is 0. The van der Waals surface area contributed by atoms with Crippen molar-refractivity contribution >= 4 is 5.97 Å². The highest BCUT2D eigenvalue weighted by atomic mass is 16.6. The van der Waals surface area contributed by atoms with Gasteiger partial charge < -0.3 is 9.47 Å². The zero-order chi connectivity index (χ0) is 18.4. The van der Waals surface area contributed by atoms with E-state index in [0.717, 1.165) is 38.5 Å². The fraction of sp³-hybridized carbons (Fsp3) is 0.864. The summed E-state index contributed by atoms with van der Waals surface area (Å²) in [4.78, 5) is 11.8. The van der Waals surface area contributed by atoms with Crippen LogP contribution in [0, 0.1) is 23.7 Å². The van der Waals surface area contributed by atoms with Gasteiger partial charge in [-0.1, -0.05) is 25.5 Å². The summed E-state index contributed by atoms with van der Waals surface area (Å²) in [6, 6.07) is 0. The first-order chi connectivity index (χ1) is 11.6. The number of ether oxygens (including phenoxy) is 2. The topological polar surface area (TPSA) is 38.8 Å². The molecule has 2 aliphatic carbocycles. The van der Waals surface area contributed by atoms with Gasteiger partial charge in [-0.15, -0.1) is 0 Å². The van der Waals surface area contributed by atoms with E-state index in [9.17, 15) is 4.79 Å². The fourth-order valence-electron chi connectivity index (χ4n) is 5.59. The molecule has 6 atom stereocenters. The van der Waals surface area contributed by atoms with Crippen molar-refractivity contribution in [3.8, 4) is 0 Å². The number of carbonyl (C=O) groups excluding carboxylic acids is 1. The van der Waals surface area contributed by atoms with Crippen LogP contribution in [-0.4, -0.2) is 23.3 Å². The predicted molar refractivity (Wildman–Crippen MR) is 100 cm³/mol. The summed E-state index contributed by atoms with van der Waals surface area (Å²) in [5.41, 5.74) is 1.18. The molecule has 1 saturated carbocycles. The van der Waals surface area contributed by atoms with Gasteiger partial charge in [0.05, 0.1) is 11.7 Å². The minimum absolute atomic E-state index is 0.0457. The van der Waals surface area contributed by atoms with Crippen LogP contribution in [-0.2, 0) is 14.3 Å². The molecule has 3 nitrogen and oxygen atoms in total. The molecule has 0 spiro atoms. The van der Waals surface area contributed by atoms with E-state index in [1.165, 1.54) is 5.57 Å². The van der Waals surface area contributed by atoms with E-state index in [-0.39, 0.29) is 17.2 Å². The standard InChI is InChI=1S/C22H36O3/c1-14(2)17-9-11-21(5,24-16(4)23)19-10-12-22(6)20(25-22)8-7-15(3)13-18(17)19/h13-14,17-20H,7-12H2,1-6H3/b15-13-/t17-,18-,19-,20-,21-,22-/m1/s1. The molecule has 0 N–H and O–H groups in total. The zero-order valence-corrected chi connectivity index (χ0v) is 16.9. The van der Waals surface area contributed by atoms with Gasteiger partial charge in [0.2, 0.25) is 0 Å². The molecule has 0 amide bonds. The number of esters is 1. The first-order valence-corrected chi connectivity index (χ1v) is 10.2. The second-order valence-electron chi connectivity index (χ2n) is 9.55. The van der Waals surface area contributed by atoms with Crippen LogP contribution in [0.15, 0.2) is 11.6 Å². The van der Waals surface area contributed by atoms with Crippen LogP contribution in [0.3, 0.4) is 0 Å². The molecule has 0 unspecified atom stereocenters. The largest absolute Gasteiger partial charge is 0.459 e. The Hall–Kier alpha value is -0.830. The first kappa shape index (κ1) is 18.9. The molecular formula is C22H36O3. The SMILES string of the molecule is CC(=O)O[C@]1(C)CC[C@H](C(C)C)[C@H]2/C=C(/C)CC[C@H]3O[C@]3(C)CC[C@H]21. The fourth-order valence-corrected chi connectivity index (χ4v) is 5.59. The minimum Gasteiger partial charge on any atom is -0.459 e. The van der Waals surface area contributed by atoms with Crippen LogP contribution in [0.25, 0.3) is 0 Å². The van der Waals surface area contributed by atoms with Crippen molar-refractivity contribution in [1.29, 1.82) is 0 Å². The molecule has 25 heavy (non-hydrogen) atoms. The molecule has 2 fully saturated rings. The molecule has 142 valence electrons. The lowest BCUT2D eigenvalue weighted by atomic mass is 9.59. The number of hydrogen-bond acceptors (Lipinski definition) is 3. The molecule has 1 saturated heterocycles. The van der Waals surface area contributed by atoms with Gasteiger partial charge in [-0.25, -0.2) is 0 Å². The van der Waals surface area contributed by atoms with Gasteiger partial charge in [0, 0.05) is 12.8 Å². The lowest BCUT2D eigenvalue weighted by Crippen LogP contribution is -2.50. The van der Waals surface area contributed by atoms with Crippen LogP contribution in [0.4, 0.5) is 0 Å². The van der Waals surface area contributed by atoms with Crippen molar-refractivity contribution in [2.45, 2.75) is 97.4 Å². The minimum atomic E-state index is -0.349.